The molecule has 4 rings (SSSR count). The monoisotopic (exact) mass is 383 g/mol. The van der Waals surface area contributed by atoms with Gasteiger partial charge in [0.1, 0.15) is 10.6 Å². The van der Waals surface area contributed by atoms with Crippen LogP contribution >= 0.6 is 0 Å². The third kappa shape index (κ3) is 2.51. The average molecular weight is 383 g/mol. The molecule has 1 atom stereocenters. The topological polar surface area (TPSA) is 93.0 Å². The van der Waals surface area contributed by atoms with E-state index in [0.29, 0.717) is 43.3 Å². The lowest BCUT2D eigenvalue weighted by Gasteiger charge is -2.59. The standard InChI is InChI=1S/C17H25N3O5S/c1-11-14(12(2)25-18-11)26(22,23)19-8-6-17(7-9-19)15(24-3)16(21)20(17)10-13-4-5-13/h13,15H,4-10H2,1-3H3. The molecule has 3 fully saturated rings. The molecule has 0 radical (unpaired) electrons. The molecule has 26 heavy (non-hydrogen) atoms. The van der Waals surface area contributed by atoms with Gasteiger partial charge in [0.15, 0.2) is 11.9 Å². The Hall–Kier alpha value is -1.45. The third-order valence-corrected chi connectivity index (χ3v) is 8.19. The van der Waals surface area contributed by atoms with E-state index in [1.165, 1.54) is 17.1 Å². The van der Waals surface area contributed by atoms with Crippen molar-refractivity contribution in [1.82, 2.24) is 14.4 Å². The fourth-order valence-corrected chi connectivity index (χ4v) is 6.17. The summed E-state index contributed by atoms with van der Waals surface area (Å²) in [6.45, 7) is 4.75. The van der Waals surface area contributed by atoms with Crippen LogP contribution in [0.25, 0.3) is 0 Å². The van der Waals surface area contributed by atoms with Crippen molar-refractivity contribution in [3.05, 3.63) is 11.5 Å². The SMILES string of the molecule is COC1C(=O)N(CC2CC2)C12CCN(S(=O)(=O)c1c(C)noc1C)CC2. The highest BCUT2D eigenvalue weighted by molar-refractivity contribution is 7.89. The summed E-state index contributed by atoms with van der Waals surface area (Å²) in [6, 6.07) is 0. The largest absolute Gasteiger partial charge is 0.369 e. The van der Waals surface area contributed by atoms with Crippen LogP contribution in [0.3, 0.4) is 0 Å². The van der Waals surface area contributed by atoms with Crippen LogP contribution in [0.5, 0.6) is 0 Å². The van der Waals surface area contributed by atoms with E-state index in [1.807, 2.05) is 4.90 Å². The van der Waals surface area contributed by atoms with Gasteiger partial charge in [-0.15, -0.1) is 0 Å². The fourth-order valence-electron chi connectivity index (χ4n) is 4.43. The van der Waals surface area contributed by atoms with Gasteiger partial charge >= 0.3 is 0 Å². The summed E-state index contributed by atoms with van der Waals surface area (Å²) < 4.78 is 38.0. The molecule has 1 unspecified atom stereocenters. The van der Waals surface area contributed by atoms with Crippen LogP contribution in [0.15, 0.2) is 9.42 Å². The molecule has 1 saturated carbocycles. The fraction of sp³-hybridized carbons (Fsp3) is 0.765. The van der Waals surface area contributed by atoms with Crippen LogP contribution in [0.1, 0.15) is 37.1 Å². The minimum Gasteiger partial charge on any atom is -0.369 e. The van der Waals surface area contributed by atoms with E-state index in [0.717, 1.165) is 6.54 Å². The molecule has 0 N–H and O–H groups in total. The van der Waals surface area contributed by atoms with Gasteiger partial charge in [0.25, 0.3) is 5.91 Å². The Bertz CT molecular complexity index is 802. The second-order valence-corrected chi connectivity index (χ2v) is 9.54. The number of aromatic nitrogens is 1. The first-order valence-corrected chi connectivity index (χ1v) is 10.5. The summed E-state index contributed by atoms with van der Waals surface area (Å²) in [7, 11) is -2.09. The maximum atomic E-state index is 13.0. The number of β-lactam (4-membered cyclic amide) rings is 1. The number of amides is 1. The molecule has 1 spiro atoms. The lowest BCUT2D eigenvalue weighted by atomic mass is 9.73. The highest BCUT2D eigenvalue weighted by Gasteiger charge is 2.62. The molecule has 2 saturated heterocycles. The van der Waals surface area contributed by atoms with E-state index in [1.54, 1.807) is 21.0 Å². The zero-order chi connectivity index (χ0) is 18.7. The van der Waals surface area contributed by atoms with E-state index in [9.17, 15) is 13.2 Å². The summed E-state index contributed by atoms with van der Waals surface area (Å²) in [5.41, 5.74) is 0.0193. The predicted octanol–water partition coefficient (Wildman–Crippen LogP) is 1.08. The molecule has 3 heterocycles. The van der Waals surface area contributed by atoms with Crippen LogP contribution < -0.4 is 0 Å². The maximum absolute atomic E-state index is 13.0. The highest BCUT2D eigenvalue weighted by atomic mass is 32.2. The zero-order valence-electron chi connectivity index (χ0n) is 15.4. The zero-order valence-corrected chi connectivity index (χ0v) is 16.2. The molecule has 0 bridgehead atoms. The van der Waals surface area contributed by atoms with Crippen molar-refractivity contribution in [1.29, 1.82) is 0 Å². The van der Waals surface area contributed by atoms with E-state index >= 15 is 0 Å². The van der Waals surface area contributed by atoms with E-state index < -0.39 is 16.1 Å². The van der Waals surface area contributed by atoms with Gasteiger partial charge in [-0.2, -0.15) is 4.31 Å². The minimum atomic E-state index is -3.65. The van der Waals surface area contributed by atoms with Crippen LogP contribution in [0, 0.1) is 19.8 Å². The number of sulfonamides is 1. The van der Waals surface area contributed by atoms with Gasteiger partial charge in [0, 0.05) is 26.7 Å². The Morgan fingerprint density at radius 1 is 1.27 bits per heavy atom. The van der Waals surface area contributed by atoms with Crippen molar-refractivity contribution in [3.63, 3.8) is 0 Å². The quantitative estimate of drug-likeness (QED) is 0.707. The van der Waals surface area contributed by atoms with Crippen LogP contribution in [0.4, 0.5) is 0 Å². The number of carbonyl (C=O) groups is 1. The maximum Gasteiger partial charge on any atom is 0.254 e. The Morgan fingerprint density at radius 2 is 1.92 bits per heavy atom. The third-order valence-electron chi connectivity index (χ3n) is 6.04. The molecule has 2 aliphatic heterocycles. The van der Waals surface area contributed by atoms with Gasteiger partial charge in [-0.1, -0.05) is 5.16 Å². The smallest absolute Gasteiger partial charge is 0.254 e. The van der Waals surface area contributed by atoms with Crippen molar-refractivity contribution in [3.8, 4) is 0 Å². The second-order valence-electron chi connectivity index (χ2n) is 7.67. The lowest BCUT2D eigenvalue weighted by Crippen LogP contribution is -2.77. The number of ether oxygens (including phenoxy) is 1. The average Bonchev–Trinajstić information content (AvgIpc) is 3.37. The van der Waals surface area contributed by atoms with E-state index in [-0.39, 0.29) is 16.3 Å². The van der Waals surface area contributed by atoms with Gasteiger partial charge in [-0.3, -0.25) is 4.79 Å². The molecule has 1 aliphatic carbocycles. The van der Waals surface area contributed by atoms with Crippen molar-refractivity contribution >= 4 is 15.9 Å². The summed E-state index contributed by atoms with van der Waals surface area (Å²) >= 11 is 0. The van der Waals surface area contributed by atoms with Gasteiger partial charge in [0.05, 0.1) is 5.54 Å². The Labute approximate surface area is 153 Å². The second kappa shape index (κ2) is 6.03. The summed E-state index contributed by atoms with van der Waals surface area (Å²) in [5, 5.41) is 3.77. The van der Waals surface area contributed by atoms with Gasteiger partial charge in [-0.05, 0) is 45.4 Å². The van der Waals surface area contributed by atoms with Crippen molar-refractivity contribution in [2.75, 3.05) is 26.7 Å². The molecular formula is C17H25N3O5S. The number of rotatable bonds is 5. The number of likely N-dealkylation sites (tertiary alicyclic amines) is 1. The molecule has 144 valence electrons. The summed E-state index contributed by atoms with van der Waals surface area (Å²) in [5.74, 6) is 0.950. The van der Waals surface area contributed by atoms with Gasteiger partial charge in [-0.25, -0.2) is 8.42 Å². The first-order chi connectivity index (χ1) is 12.3. The van der Waals surface area contributed by atoms with Gasteiger partial charge in [0.2, 0.25) is 10.0 Å². The minimum absolute atomic E-state index is 0.0430. The Morgan fingerprint density at radius 3 is 2.42 bits per heavy atom. The van der Waals surface area contributed by atoms with Crippen molar-refractivity contribution in [2.24, 2.45) is 5.92 Å². The van der Waals surface area contributed by atoms with E-state index in [4.69, 9.17) is 9.26 Å². The summed E-state index contributed by atoms with van der Waals surface area (Å²) in [4.78, 5) is 14.5. The molecule has 1 amide bonds. The molecule has 8 nitrogen and oxygen atoms in total. The molecule has 1 aromatic rings. The first-order valence-electron chi connectivity index (χ1n) is 9.08. The van der Waals surface area contributed by atoms with Crippen molar-refractivity contribution in [2.45, 2.75) is 56.1 Å². The number of methoxy groups -OCH3 is 1. The number of nitrogens with zero attached hydrogens (tertiary/aromatic N) is 3. The number of piperidine rings is 1. The predicted molar refractivity (Wildman–Crippen MR) is 91.9 cm³/mol. The van der Waals surface area contributed by atoms with Crippen LogP contribution in [-0.2, 0) is 19.6 Å². The number of hydrogen-bond donors (Lipinski definition) is 0. The molecule has 0 aromatic carbocycles. The molecule has 9 heteroatoms. The van der Waals surface area contributed by atoms with Crippen LogP contribution in [0.2, 0.25) is 0 Å². The number of carbonyl (C=O) groups excluding carboxylic acids is 1. The Kier molecular flexibility index (Phi) is 4.16. The molecular weight excluding hydrogens is 358 g/mol. The number of aryl methyl sites for hydroxylation is 2. The molecule has 1 aromatic heterocycles. The first kappa shape index (κ1) is 17.9. The normalized spacial score (nSPS) is 26.3. The number of hydrogen-bond acceptors (Lipinski definition) is 6. The Balaban J connectivity index is 1.53. The lowest BCUT2D eigenvalue weighted by molar-refractivity contribution is -0.197. The highest BCUT2D eigenvalue weighted by Crippen LogP contribution is 2.46. The summed E-state index contributed by atoms with van der Waals surface area (Å²) in [6.07, 6.45) is 3.07. The van der Waals surface area contributed by atoms with Crippen molar-refractivity contribution < 1.29 is 22.5 Å². The molecule has 3 aliphatic rings. The van der Waals surface area contributed by atoms with Crippen LogP contribution in [-0.4, -0.2) is 67.1 Å². The van der Waals surface area contributed by atoms with Gasteiger partial charge < -0.3 is 14.2 Å². The van der Waals surface area contributed by atoms with E-state index in [2.05, 4.69) is 5.16 Å².